The van der Waals surface area contributed by atoms with E-state index in [0.717, 1.165) is 48.6 Å². The molecule has 31 heavy (non-hydrogen) atoms. The van der Waals surface area contributed by atoms with Crippen LogP contribution in [-0.4, -0.2) is 41.3 Å². The van der Waals surface area contributed by atoms with Crippen molar-refractivity contribution in [3.8, 4) is 5.75 Å². The number of para-hydroxylation sites is 1. The minimum Gasteiger partial charge on any atom is -0.497 e. The van der Waals surface area contributed by atoms with Gasteiger partial charge >= 0.3 is 0 Å². The minimum absolute atomic E-state index is 0.178. The van der Waals surface area contributed by atoms with Crippen molar-refractivity contribution >= 4 is 22.5 Å². The molecule has 3 aliphatic rings. The number of likely N-dealkylation sites (tertiary alicyclic amines) is 1. The number of rotatable bonds is 4. The van der Waals surface area contributed by atoms with E-state index in [9.17, 15) is 5.11 Å². The Morgan fingerprint density at radius 3 is 2.81 bits per heavy atom. The van der Waals surface area contributed by atoms with Crippen LogP contribution in [0.25, 0.3) is 10.9 Å². The summed E-state index contributed by atoms with van der Waals surface area (Å²) < 4.78 is 5.49. The van der Waals surface area contributed by atoms with E-state index in [4.69, 9.17) is 16.3 Å². The highest BCUT2D eigenvalue weighted by atomic mass is 35.5. The highest BCUT2D eigenvalue weighted by Crippen LogP contribution is 2.48. The first-order chi connectivity index (χ1) is 15.1. The number of aromatic nitrogens is 1. The number of piperidine rings is 1. The number of H-pyrrole nitrogens is 1. The summed E-state index contributed by atoms with van der Waals surface area (Å²) in [6.45, 7) is 2.17. The molecule has 0 amide bonds. The van der Waals surface area contributed by atoms with Crippen molar-refractivity contribution in [3.63, 3.8) is 0 Å². The molecule has 0 radical (unpaired) electrons. The topological polar surface area (TPSA) is 48.5 Å². The summed E-state index contributed by atoms with van der Waals surface area (Å²) in [5.41, 5.74) is 5.22. The second kappa shape index (κ2) is 7.54. The van der Waals surface area contributed by atoms with E-state index in [2.05, 4.69) is 40.2 Å². The van der Waals surface area contributed by atoms with Crippen molar-refractivity contribution in [1.82, 2.24) is 9.88 Å². The zero-order valence-electron chi connectivity index (χ0n) is 17.9. The predicted molar refractivity (Wildman–Crippen MR) is 124 cm³/mol. The van der Waals surface area contributed by atoms with Crippen molar-refractivity contribution in [2.45, 2.75) is 37.8 Å². The van der Waals surface area contributed by atoms with E-state index >= 15 is 0 Å². The molecule has 162 valence electrons. The van der Waals surface area contributed by atoms with Crippen LogP contribution < -0.4 is 4.74 Å². The van der Waals surface area contributed by atoms with Crippen LogP contribution in [0.2, 0.25) is 5.02 Å². The van der Waals surface area contributed by atoms with Crippen LogP contribution >= 0.6 is 11.6 Å². The number of ether oxygens (including phenoxy) is 1. The van der Waals surface area contributed by atoms with E-state index in [-0.39, 0.29) is 12.1 Å². The Kier molecular flexibility index (Phi) is 4.78. The van der Waals surface area contributed by atoms with Gasteiger partial charge in [-0.05, 0) is 73.4 Å². The molecule has 2 fully saturated rings. The molecular weight excluding hydrogens is 408 g/mol. The molecule has 5 heteroatoms. The van der Waals surface area contributed by atoms with E-state index in [1.54, 1.807) is 7.11 Å². The number of aliphatic hydroxyl groups is 1. The average molecular weight is 437 g/mol. The molecule has 1 saturated heterocycles. The summed E-state index contributed by atoms with van der Waals surface area (Å²) in [6, 6.07) is 14.9. The number of halogens is 1. The second-order valence-electron chi connectivity index (χ2n) is 9.64. The number of aromatic amines is 1. The lowest BCUT2D eigenvalue weighted by atomic mass is 9.73. The van der Waals surface area contributed by atoms with Gasteiger partial charge < -0.3 is 14.8 Å². The minimum atomic E-state index is -0.178. The molecule has 5 atom stereocenters. The molecular formula is C26H29ClN2O2. The van der Waals surface area contributed by atoms with Crippen molar-refractivity contribution in [3.05, 3.63) is 64.3 Å². The molecule has 2 N–H and O–H groups in total. The van der Waals surface area contributed by atoms with E-state index in [1.165, 1.54) is 28.6 Å². The third kappa shape index (κ3) is 3.36. The fraction of sp³-hybridized carbons (Fsp3) is 0.462. The summed E-state index contributed by atoms with van der Waals surface area (Å²) in [7, 11) is 1.72. The molecule has 5 unspecified atom stereocenters. The van der Waals surface area contributed by atoms with Crippen LogP contribution in [-0.2, 0) is 12.8 Å². The first-order valence-corrected chi connectivity index (χ1v) is 11.8. The zero-order chi connectivity index (χ0) is 21.1. The maximum absolute atomic E-state index is 10.3. The fourth-order valence-electron chi connectivity index (χ4n) is 6.18. The number of fused-ring (bicyclic) bond motifs is 4. The van der Waals surface area contributed by atoms with Crippen LogP contribution in [0.3, 0.4) is 0 Å². The predicted octanol–water partition coefficient (Wildman–Crippen LogP) is 4.99. The number of hydrogen-bond acceptors (Lipinski definition) is 3. The lowest BCUT2D eigenvalue weighted by Gasteiger charge is -2.44. The Morgan fingerprint density at radius 2 is 2.00 bits per heavy atom. The van der Waals surface area contributed by atoms with Crippen molar-refractivity contribution in [2.75, 3.05) is 20.2 Å². The number of nitrogens with zero attached hydrogens (tertiary/aromatic N) is 1. The van der Waals surface area contributed by atoms with E-state index in [1.807, 2.05) is 12.1 Å². The van der Waals surface area contributed by atoms with Crippen molar-refractivity contribution < 1.29 is 9.84 Å². The van der Waals surface area contributed by atoms with Crippen LogP contribution in [0.1, 0.15) is 35.7 Å². The van der Waals surface area contributed by atoms with Crippen LogP contribution in [0, 0.1) is 17.8 Å². The van der Waals surface area contributed by atoms with Gasteiger partial charge in [0, 0.05) is 29.6 Å². The Hall–Kier alpha value is -2.01. The summed E-state index contributed by atoms with van der Waals surface area (Å²) >= 11 is 6.47. The molecule has 4 nitrogen and oxygen atoms in total. The quantitative estimate of drug-likeness (QED) is 0.605. The third-order valence-electron chi connectivity index (χ3n) is 7.87. The maximum Gasteiger partial charge on any atom is 0.119 e. The second-order valence-corrected chi connectivity index (χ2v) is 10.1. The number of hydrogen-bond donors (Lipinski definition) is 2. The van der Waals surface area contributed by atoms with Crippen LogP contribution in [0.15, 0.2) is 42.5 Å². The summed E-state index contributed by atoms with van der Waals surface area (Å²) in [6.07, 6.45) is 4.15. The van der Waals surface area contributed by atoms with Gasteiger partial charge in [0.05, 0.1) is 23.8 Å². The average Bonchev–Trinajstić information content (AvgIpc) is 3.38. The van der Waals surface area contributed by atoms with Crippen LogP contribution in [0.5, 0.6) is 5.75 Å². The van der Waals surface area contributed by atoms with Gasteiger partial charge in [0.15, 0.2) is 0 Å². The first kappa shape index (κ1) is 19.7. The van der Waals surface area contributed by atoms with Gasteiger partial charge in [0.2, 0.25) is 0 Å². The Labute approximate surface area is 188 Å². The first-order valence-electron chi connectivity index (χ1n) is 11.5. The standard InChI is InChI=1S/C26H29ClN2O2/c1-31-18-5-2-4-16(10-18)26(21-13-24(21)30)29-9-8-15-12-23-20(11-17(15)14-29)19-6-3-7-22(27)25(19)28-23/h2-7,10,15,17,21,24,26,28,30H,8-9,11-14H2,1H3. The molecule has 1 saturated carbocycles. The van der Waals surface area contributed by atoms with E-state index < -0.39 is 0 Å². The molecule has 0 bridgehead atoms. The van der Waals surface area contributed by atoms with Crippen LogP contribution in [0.4, 0.5) is 0 Å². The number of nitrogens with one attached hydrogen (secondary N) is 1. The SMILES string of the molecule is COc1cccc(C(C2CC2O)N2CCC3Cc4[nH]c5c(Cl)cccc5c4CC3C2)c1. The van der Waals surface area contributed by atoms with Gasteiger partial charge in [-0.25, -0.2) is 0 Å². The lowest BCUT2D eigenvalue weighted by Crippen LogP contribution is -2.46. The molecule has 2 heterocycles. The summed E-state index contributed by atoms with van der Waals surface area (Å²) in [4.78, 5) is 6.27. The summed E-state index contributed by atoms with van der Waals surface area (Å²) in [5.74, 6) is 2.58. The molecule has 6 rings (SSSR count). The summed E-state index contributed by atoms with van der Waals surface area (Å²) in [5, 5.41) is 12.4. The van der Waals surface area contributed by atoms with Gasteiger partial charge in [-0.3, -0.25) is 4.90 Å². The normalized spacial score (nSPS) is 28.7. The molecule has 1 aliphatic heterocycles. The Balaban J connectivity index is 1.29. The highest BCUT2D eigenvalue weighted by Gasteiger charge is 2.47. The smallest absolute Gasteiger partial charge is 0.119 e. The van der Waals surface area contributed by atoms with Gasteiger partial charge in [0.25, 0.3) is 0 Å². The van der Waals surface area contributed by atoms with Crippen molar-refractivity contribution in [2.24, 2.45) is 17.8 Å². The Bertz CT molecular complexity index is 1130. The molecule has 3 aromatic rings. The number of methoxy groups -OCH3 is 1. The number of aliphatic hydroxyl groups excluding tert-OH is 1. The van der Waals surface area contributed by atoms with Gasteiger partial charge in [-0.15, -0.1) is 0 Å². The van der Waals surface area contributed by atoms with Gasteiger partial charge in [-0.1, -0.05) is 35.9 Å². The maximum atomic E-state index is 10.3. The highest BCUT2D eigenvalue weighted by molar-refractivity contribution is 6.35. The lowest BCUT2D eigenvalue weighted by molar-refractivity contribution is 0.0583. The van der Waals surface area contributed by atoms with Gasteiger partial charge in [-0.2, -0.15) is 0 Å². The van der Waals surface area contributed by atoms with E-state index in [0.29, 0.717) is 17.8 Å². The largest absolute Gasteiger partial charge is 0.497 e. The molecule has 0 spiro atoms. The third-order valence-corrected chi connectivity index (χ3v) is 8.19. The van der Waals surface area contributed by atoms with Crippen molar-refractivity contribution in [1.29, 1.82) is 0 Å². The zero-order valence-corrected chi connectivity index (χ0v) is 18.6. The van der Waals surface area contributed by atoms with Gasteiger partial charge in [0.1, 0.15) is 5.75 Å². The molecule has 2 aromatic carbocycles. The molecule has 1 aromatic heterocycles. The number of benzene rings is 2. The monoisotopic (exact) mass is 436 g/mol. The Morgan fingerprint density at radius 1 is 1.16 bits per heavy atom. The fourth-order valence-corrected chi connectivity index (χ4v) is 6.40. The molecule has 2 aliphatic carbocycles.